The smallest absolute Gasteiger partial charge is 0.209 e. The topological polar surface area (TPSA) is 44.7 Å². The van der Waals surface area contributed by atoms with E-state index >= 15 is 0 Å². The summed E-state index contributed by atoms with van der Waals surface area (Å²) >= 11 is 0. The van der Waals surface area contributed by atoms with Crippen molar-refractivity contribution in [2.45, 2.75) is 25.0 Å². The minimum atomic E-state index is -0.506. The molecular weight excluding hydrogens is 324 g/mol. The molecule has 3 aromatic rings. The third-order valence-electron chi connectivity index (χ3n) is 6.21. The molecule has 0 aliphatic carbocycles. The number of ether oxygens (including phenoxy) is 1. The van der Waals surface area contributed by atoms with E-state index in [1.807, 2.05) is 18.2 Å². The Morgan fingerprint density at radius 1 is 1.08 bits per heavy atom. The van der Waals surface area contributed by atoms with E-state index in [0.29, 0.717) is 6.54 Å². The van der Waals surface area contributed by atoms with E-state index in [1.165, 1.54) is 11.3 Å². The number of nitrogens with one attached hydrogen (secondary N) is 1. The van der Waals surface area contributed by atoms with Crippen LogP contribution in [0.25, 0.3) is 10.8 Å². The highest BCUT2D eigenvalue weighted by Crippen LogP contribution is 2.54. The van der Waals surface area contributed by atoms with Crippen LogP contribution in [0.2, 0.25) is 0 Å². The fourth-order valence-corrected chi connectivity index (χ4v) is 4.64. The third kappa shape index (κ3) is 1.74. The number of benzene rings is 3. The highest BCUT2D eigenvalue weighted by Gasteiger charge is 2.59. The molecular formula is C22H22N2O2. The lowest BCUT2D eigenvalue weighted by molar-refractivity contribution is 0.0201. The van der Waals surface area contributed by atoms with Crippen molar-refractivity contribution in [3.05, 3.63) is 60.2 Å². The molecule has 0 aromatic heterocycles. The van der Waals surface area contributed by atoms with Crippen molar-refractivity contribution in [2.75, 3.05) is 23.8 Å². The molecule has 2 N–H and O–H groups in total. The zero-order valence-corrected chi connectivity index (χ0v) is 15.2. The van der Waals surface area contributed by atoms with Crippen LogP contribution in [-0.2, 0) is 5.41 Å². The highest BCUT2D eigenvalue weighted by molar-refractivity contribution is 5.98. The van der Waals surface area contributed by atoms with Crippen molar-refractivity contribution < 1.29 is 9.84 Å². The van der Waals surface area contributed by atoms with Gasteiger partial charge in [0.05, 0.1) is 17.6 Å². The number of anilines is 2. The van der Waals surface area contributed by atoms with Crippen LogP contribution in [0.3, 0.4) is 0 Å². The molecule has 0 saturated carbocycles. The van der Waals surface area contributed by atoms with Crippen LogP contribution in [0.1, 0.15) is 19.4 Å². The average molecular weight is 346 g/mol. The van der Waals surface area contributed by atoms with Gasteiger partial charge in [-0.15, -0.1) is 0 Å². The highest BCUT2D eigenvalue weighted by atomic mass is 16.5. The van der Waals surface area contributed by atoms with Gasteiger partial charge in [-0.3, -0.25) is 0 Å². The van der Waals surface area contributed by atoms with E-state index < -0.39 is 5.72 Å². The Bertz CT molecular complexity index is 1040. The van der Waals surface area contributed by atoms with Gasteiger partial charge in [-0.1, -0.05) is 30.3 Å². The van der Waals surface area contributed by atoms with Gasteiger partial charge in [0.15, 0.2) is 0 Å². The molecule has 0 bridgehead atoms. The Morgan fingerprint density at radius 2 is 1.85 bits per heavy atom. The lowest BCUT2D eigenvalue weighted by Crippen LogP contribution is -2.64. The van der Waals surface area contributed by atoms with Gasteiger partial charge < -0.3 is 20.1 Å². The summed E-state index contributed by atoms with van der Waals surface area (Å²) in [5.74, 6) is 1.08. The predicted molar refractivity (Wildman–Crippen MR) is 105 cm³/mol. The van der Waals surface area contributed by atoms with Crippen LogP contribution in [0.15, 0.2) is 54.6 Å². The quantitative estimate of drug-likeness (QED) is 0.630. The number of rotatable bonds is 0. The Morgan fingerprint density at radius 3 is 2.65 bits per heavy atom. The normalized spacial score (nSPS) is 22.7. The summed E-state index contributed by atoms with van der Waals surface area (Å²) in [6.07, 6.45) is 0. The zero-order chi connectivity index (χ0) is 18.1. The summed E-state index contributed by atoms with van der Waals surface area (Å²) in [5, 5.41) is 15.6. The van der Waals surface area contributed by atoms with Gasteiger partial charge in [-0.2, -0.15) is 0 Å². The summed E-state index contributed by atoms with van der Waals surface area (Å²) in [6.45, 7) is 5.15. The molecule has 2 aliphatic heterocycles. The molecule has 4 nitrogen and oxygen atoms in total. The van der Waals surface area contributed by atoms with E-state index in [0.717, 1.165) is 22.2 Å². The second-order valence-electron chi connectivity index (χ2n) is 7.79. The number of hydrogen-bond donors (Lipinski definition) is 2. The first-order valence-corrected chi connectivity index (χ1v) is 8.96. The van der Waals surface area contributed by atoms with E-state index in [4.69, 9.17) is 4.74 Å². The number of hydrogen-bond acceptors (Lipinski definition) is 4. The molecule has 2 heterocycles. The molecule has 0 radical (unpaired) electrons. The molecule has 1 spiro atoms. The summed E-state index contributed by atoms with van der Waals surface area (Å²) < 4.78 is 6.72. The van der Waals surface area contributed by atoms with E-state index in [9.17, 15) is 5.11 Å². The van der Waals surface area contributed by atoms with Crippen LogP contribution >= 0.6 is 0 Å². The Labute approximate surface area is 153 Å². The maximum absolute atomic E-state index is 9.90. The molecule has 0 amide bonds. The van der Waals surface area contributed by atoms with Gasteiger partial charge in [0, 0.05) is 18.1 Å². The lowest BCUT2D eigenvalue weighted by Gasteiger charge is -2.49. The molecule has 4 heteroatoms. The van der Waals surface area contributed by atoms with Crippen LogP contribution in [0, 0.1) is 0 Å². The number of phenolic OH excluding ortho intramolecular Hbond substituents is 1. The average Bonchev–Trinajstić information content (AvgIpc) is 2.80. The summed E-state index contributed by atoms with van der Waals surface area (Å²) in [6, 6.07) is 18.0. The van der Waals surface area contributed by atoms with Gasteiger partial charge >= 0.3 is 0 Å². The Hall–Kier alpha value is -2.88. The van der Waals surface area contributed by atoms with Crippen molar-refractivity contribution in [2.24, 2.45) is 0 Å². The number of likely N-dealkylation sites (N-methyl/N-ethyl adjacent to an activating group) is 1. The molecule has 132 valence electrons. The number of aromatic hydroxyl groups is 1. The van der Waals surface area contributed by atoms with Gasteiger partial charge in [-0.05, 0) is 49.1 Å². The zero-order valence-electron chi connectivity index (χ0n) is 15.2. The first-order valence-electron chi connectivity index (χ1n) is 8.96. The molecule has 1 atom stereocenters. The van der Waals surface area contributed by atoms with Crippen LogP contribution < -0.4 is 15.0 Å². The largest absolute Gasteiger partial charge is 0.508 e. The SMILES string of the molecule is CN1c2ccccc2C(C)(C)C12CNc1c(ccc3ccc(O)cc13)O2. The minimum Gasteiger partial charge on any atom is -0.508 e. The molecule has 0 saturated heterocycles. The first kappa shape index (κ1) is 15.4. The fraction of sp³-hybridized carbons (Fsp3) is 0.273. The fourth-order valence-electron chi connectivity index (χ4n) is 4.64. The molecule has 1 unspecified atom stereocenters. The van der Waals surface area contributed by atoms with Crippen LogP contribution in [-0.4, -0.2) is 24.4 Å². The van der Waals surface area contributed by atoms with E-state index in [2.05, 4.69) is 55.4 Å². The molecule has 3 aromatic carbocycles. The van der Waals surface area contributed by atoms with Crippen molar-refractivity contribution in [1.29, 1.82) is 0 Å². The van der Waals surface area contributed by atoms with Gasteiger partial charge in [0.2, 0.25) is 5.72 Å². The number of fused-ring (bicyclic) bond motifs is 4. The molecule has 0 fully saturated rings. The van der Waals surface area contributed by atoms with Crippen molar-refractivity contribution in [3.63, 3.8) is 0 Å². The number of para-hydroxylation sites is 1. The first-order chi connectivity index (χ1) is 12.4. The minimum absolute atomic E-state index is 0.184. The summed E-state index contributed by atoms with van der Waals surface area (Å²) in [4.78, 5) is 2.25. The van der Waals surface area contributed by atoms with Crippen LogP contribution in [0.5, 0.6) is 11.5 Å². The predicted octanol–water partition coefficient (Wildman–Crippen LogP) is 4.47. The van der Waals surface area contributed by atoms with Crippen LogP contribution in [0.4, 0.5) is 11.4 Å². The van der Waals surface area contributed by atoms with Gasteiger partial charge in [0.1, 0.15) is 11.5 Å². The maximum atomic E-state index is 9.90. The third-order valence-corrected chi connectivity index (χ3v) is 6.21. The lowest BCUT2D eigenvalue weighted by atomic mass is 9.77. The molecule has 5 rings (SSSR count). The Kier molecular flexibility index (Phi) is 2.87. The Balaban J connectivity index is 1.67. The molecule has 2 aliphatic rings. The standard InChI is InChI=1S/C22H22N2O2/c1-21(2)17-6-4-5-7-18(17)24(3)22(21)13-23-20-16-12-15(25)10-8-14(16)9-11-19(20)26-22/h4-12,23,25H,13H2,1-3H3. The second-order valence-corrected chi connectivity index (χ2v) is 7.79. The molecule has 26 heavy (non-hydrogen) atoms. The van der Waals surface area contributed by atoms with Gasteiger partial charge in [0.25, 0.3) is 0 Å². The van der Waals surface area contributed by atoms with Crippen molar-refractivity contribution in [1.82, 2.24) is 0 Å². The van der Waals surface area contributed by atoms with E-state index in [-0.39, 0.29) is 11.2 Å². The monoisotopic (exact) mass is 346 g/mol. The number of nitrogens with zero attached hydrogens (tertiary/aromatic N) is 1. The number of phenols is 1. The van der Waals surface area contributed by atoms with Crippen molar-refractivity contribution in [3.8, 4) is 11.5 Å². The van der Waals surface area contributed by atoms with Gasteiger partial charge in [-0.25, -0.2) is 0 Å². The second kappa shape index (κ2) is 4.85. The van der Waals surface area contributed by atoms with Crippen molar-refractivity contribution >= 4 is 22.1 Å². The summed E-state index contributed by atoms with van der Waals surface area (Å²) in [5.41, 5.74) is 2.77. The summed E-state index contributed by atoms with van der Waals surface area (Å²) in [7, 11) is 2.10. The van der Waals surface area contributed by atoms with E-state index in [1.54, 1.807) is 12.1 Å². The maximum Gasteiger partial charge on any atom is 0.209 e.